The molecule has 1 saturated heterocycles. The van der Waals surface area contributed by atoms with Gasteiger partial charge in [-0.3, -0.25) is 10.1 Å². The summed E-state index contributed by atoms with van der Waals surface area (Å²) in [6, 6.07) is 0. The van der Waals surface area contributed by atoms with E-state index >= 15 is 0 Å². The van der Waals surface area contributed by atoms with Crippen molar-refractivity contribution in [3.63, 3.8) is 0 Å². The van der Waals surface area contributed by atoms with E-state index in [2.05, 4.69) is 5.32 Å². The second-order valence-electron chi connectivity index (χ2n) is 1.38. The Bertz CT molecular complexity index is 69.5. The van der Waals surface area contributed by atoms with Gasteiger partial charge in [0.2, 0.25) is 0 Å². The molecule has 3 heteroatoms. The van der Waals surface area contributed by atoms with E-state index in [1.54, 1.807) is 0 Å². The van der Waals surface area contributed by atoms with Crippen molar-refractivity contribution >= 4 is 6.29 Å². The normalized spacial score (nSPS) is 24.4. The van der Waals surface area contributed by atoms with E-state index in [4.69, 9.17) is 4.74 Å². The molecule has 0 aromatic rings. The van der Waals surface area contributed by atoms with Crippen molar-refractivity contribution in [2.24, 2.45) is 0 Å². The molecule has 0 saturated carbocycles. The standard InChI is InChI=1S/C4H7NO2.C2H6/c6-3-4-5-1-2-7-4;1-2/h3-5H,1-2H2;1-2H3/t4-;/m0./s1. The molecule has 0 aromatic carbocycles. The van der Waals surface area contributed by atoms with Gasteiger partial charge in [0.1, 0.15) is 0 Å². The number of nitrogens with one attached hydrogen (secondary N) is 1. The zero-order valence-electron chi connectivity index (χ0n) is 5.89. The molecule has 0 bridgehead atoms. The second-order valence-corrected chi connectivity index (χ2v) is 1.38. The fourth-order valence-corrected chi connectivity index (χ4v) is 0.533. The summed E-state index contributed by atoms with van der Waals surface area (Å²) in [5.41, 5.74) is 0. The van der Waals surface area contributed by atoms with Gasteiger partial charge in [0, 0.05) is 6.54 Å². The van der Waals surface area contributed by atoms with Crippen molar-refractivity contribution in [3.05, 3.63) is 0 Å². The molecule has 1 rings (SSSR count). The Labute approximate surface area is 55.4 Å². The maximum atomic E-state index is 9.82. The van der Waals surface area contributed by atoms with Gasteiger partial charge in [-0.1, -0.05) is 13.8 Å². The lowest BCUT2D eigenvalue weighted by atomic mass is 10.6. The average Bonchev–Trinajstić information content (AvgIpc) is 2.43. The van der Waals surface area contributed by atoms with Gasteiger partial charge in [0.05, 0.1) is 6.61 Å². The Morgan fingerprint density at radius 2 is 2.33 bits per heavy atom. The van der Waals surface area contributed by atoms with Gasteiger partial charge in [0.15, 0.2) is 12.5 Å². The van der Waals surface area contributed by atoms with Gasteiger partial charge in [-0.25, -0.2) is 0 Å². The summed E-state index contributed by atoms with van der Waals surface area (Å²) < 4.78 is 4.82. The van der Waals surface area contributed by atoms with E-state index in [9.17, 15) is 4.79 Å². The largest absolute Gasteiger partial charge is 0.355 e. The van der Waals surface area contributed by atoms with Crippen molar-refractivity contribution in [2.45, 2.75) is 20.1 Å². The molecular formula is C6H13NO2. The van der Waals surface area contributed by atoms with Gasteiger partial charge in [-0.15, -0.1) is 0 Å². The van der Waals surface area contributed by atoms with Crippen LogP contribution in [0.25, 0.3) is 0 Å². The highest BCUT2D eigenvalue weighted by Gasteiger charge is 2.10. The predicted molar refractivity (Wildman–Crippen MR) is 35.2 cm³/mol. The predicted octanol–water partition coefficient (Wildman–Crippen LogP) is 0.157. The fourth-order valence-electron chi connectivity index (χ4n) is 0.533. The van der Waals surface area contributed by atoms with Crippen molar-refractivity contribution in [3.8, 4) is 0 Å². The Hall–Kier alpha value is -0.410. The SMILES string of the molecule is CC.O=C[C@H]1NCCO1. The zero-order chi connectivity index (χ0) is 7.11. The van der Waals surface area contributed by atoms with Crippen LogP contribution in [0.15, 0.2) is 0 Å². The molecule has 0 aromatic heterocycles. The van der Waals surface area contributed by atoms with Crippen LogP contribution in [0.1, 0.15) is 13.8 Å². The lowest BCUT2D eigenvalue weighted by Crippen LogP contribution is -2.23. The zero-order valence-corrected chi connectivity index (χ0v) is 5.89. The third-order valence-corrected chi connectivity index (χ3v) is 0.869. The molecule has 1 fully saturated rings. The maximum absolute atomic E-state index is 9.82. The summed E-state index contributed by atoms with van der Waals surface area (Å²) in [6.07, 6.45) is 0.424. The number of aldehydes is 1. The maximum Gasteiger partial charge on any atom is 0.164 e. The first-order chi connectivity index (χ1) is 4.43. The summed E-state index contributed by atoms with van der Waals surface area (Å²) >= 11 is 0. The van der Waals surface area contributed by atoms with Crippen molar-refractivity contribution in [1.82, 2.24) is 5.32 Å². The first-order valence-electron chi connectivity index (χ1n) is 3.24. The quantitative estimate of drug-likeness (QED) is 0.515. The number of ether oxygens (including phenoxy) is 1. The summed E-state index contributed by atoms with van der Waals surface area (Å²) in [5.74, 6) is 0. The minimum atomic E-state index is -0.333. The second kappa shape index (κ2) is 5.72. The molecule has 1 aliphatic heterocycles. The Morgan fingerprint density at radius 1 is 1.67 bits per heavy atom. The van der Waals surface area contributed by atoms with E-state index in [0.717, 1.165) is 12.8 Å². The minimum absolute atomic E-state index is 0.333. The van der Waals surface area contributed by atoms with Crippen LogP contribution >= 0.6 is 0 Å². The first-order valence-corrected chi connectivity index (χ1v) is 3.24. The number of hydrogen-bond acceptors (Lipinski definition) is 3. The molecule has 1 atom stereocenters. The number of carbonyl (C=O) groups excluding carboxylic acids is 1. The highest BCUT2D eigenvalue weighted by Crippen LogP contribution is 1.88. The molecule has 0 amide bonds. The van der Waals surface area contributed by atoms with Crippen LogP contribution in [0.4, 0.5) is 0 Å². The van der Waals surface area contributed by atoms with Crippen LogP contribution in [0.2, 0.25) is 0 Å². The molecule has 3 nitrogen and oxygen atoms in total. The monoisotopic (exact) mass is 131 g/mol. The number of hydrogen-bond donors (Lipinski definition) is 1. The molecule has 1 N–H and O–H groups in total. The molecule has 0 spiro atoms. The summed E-state index contributed by atoms with van der Waals surface area (Å²) in [7, 11) is 0. The lowest BCUT2D eigenvalue weighted by Gasteiger charge is -1.94. The highest BCUT2D eigenvalue weighted by atomic mass is 16.5. The van der Waals surface area contributed by atoms with Gasteiger partial charge in [-0.2, -0.15) is 0 Å². The van der Waals surface area contributed by atoms with E-state index in [-0.39, 0.29) is 6.23 Å². The first kappa shape index (κ1) is 8.59. The van der Waals surface area contributed by atoms with Crippen LogP contribution in [0, 0.1) is 0 Å². The Morgan fingerprint density at radius 3 is 2.56 bits per heavy atom. The van der Waals surface area contributed by atoms with Gasteiger partial charge >= 0.3 is 0 Å². The molecular weight excluding hydrogens is 118 g/mol. The number of rotatable bonds is 1. The minimum Gasteiger partial charge on any atom is -0.355 e. The average molecular weight is 131 g/mol. The molecule has 0 radical (unpaired) electrons. The van der Waals surface area contributed by atoms with Crippen molar-refractivity contribution in [1.29, 1.82) is 0 Å². The highest BCUT2D eigenvalue weighted by molar-refractivity contribution is 5.55. The third kappa shape index (κ3) is 3.21. The van der Waals surface area contributed by atoms with Crippen LogP contribution in [-0.2, 0) is 9.53 Å². The lowest BCUT2D eigenvalue weighted by molar-refractivity contribution is -0.116. The topological polar surface area (TPSA) is 38.3 Å². The molecule has 1 heterocycles. The van der Waals surface area contributed by atoms with Crippen LogP contribution < -0.4 is 5.32 Å². The van der Waals surface area contributed by atoms with E-state index in [0.29, 0.717) is 6.61 Å². The van der Waals surface area contributed by atoms with Gasteiger partial charge in [-0.05, 0) is 0 Å². The summed E-state index contributed by atoms with van der Waals surface area (Å²) in [5, 5.41) is 2.82. The van der Waals surface area contributed by atoms with Gasteiger partial charge < -0.3 is 4.74 Å². The van der Waals surface area contributed by atoms with E-state index in [1.165, 1.54) is 0 Å². The van der Waals surface area contributed by atoms with E-state index < -0.39 is 0 Å². The van der Waals surface area contributed by atoms with Crippen molar-refractivity contribution in [2.75, 3.05) is 13.2 Å². The molecule has 54 valence electrons. The molecule has 0 unspecified atom stereocenters. The van der Waals surface area contributed by atoms with Gasteiger partial charge in [0.25, 0.3) is 0 Å². The fraction of sp³-hybridized carbons (Fsp3) is 0.833. The Balaban J connectivity index is 0.000000291. The van der Waals surface area contributed by atoms with Crippen molar-refractivity contribution < 1.29 is 9.53 Å². The molecule has 9 heavy (non-hydrogen) atoms. The van der Waals surface area contributed by atoms with Crippen LogP contribution in [0.5, 0.6) is 0 Å². The third-order valence-electron chi connectivity index (χ3n) is 0.869. The molecule has 0 aliphatic carbocycles. The summed E-state index contributed by atoms with van der Waals surface area (Å²) in [6.45, 7) is 5.45. The Kier molecular flexibility index (Phi) is 5.46. The summed E-state index contributed by atoms with van der Waals surface area (Å²) in [4.78, 5) is 9.82. The van der Waals surface area contributed by atoms with E-state index in [1.807, 2.05) is 13.8 Å². The number of carbonyl (C=O) groups is 1. The smallest absolute Gasteiger partial charge is 0.164 e. The van der Waals surface area contributed by atoms with Crippen LogP contribution in [0.3, 0.4) is 0 Å². The molecule has 1 aliphatic rings. The van der Waals surface area contributed by atoms with Crippen LogP contribution in [-0.4, -0.2) is 25.7 Å².